The third kappa shape index (κ3) is 4.00. The molecule has 1 atom stereocenters. The summed E-state index contributed by atoms with van der Waals surface area (Å²) in [7, 11) is 4.03. The van der Waals surface area contributed by atoms with Crippen LogP contribution in [0, 0.1) is 5.92 Å². The highest BCUT2D eigenvalue weighted by Gasteiger charge is 2.37. The zero-order chi connectivity index (χ0) is 18.7. The molecule has 1 fully saturated rings. The van der Waals surface area contributed by atoms with Gasteiger partial charge in [-0.1, -0.05) is 6.07 Å². The molecule has 0 bridgehead atoms. The second kappa shape index (κ2) is 7.79. The van der Waals surface area contributed by atoms with Gasteiger partial charge in [-0.15, -0.1) is 0 Å². The minimum absolute atomic E-state index is 0.0973. The predicted octanol–water partition coefficient (Wildman–Crippen LogP) is -1.01. The number of aliphatic imine (C=N–C) groups is 1. The van der Waals surface area contributed by atoms with Gasteiger partial charge in [0.1, 0.15) is 0 Å². The van der Waals surface area contributed by atoms with Gasteiger partial charge in [0.25, 0.3) is 0 Å². The van der Waals surface area contributed by atoms with Crippen LogP contribution in [0.4, 0.5) is 0 Å². The van der Waals surface area contributed by atoms with E-state index in [0.717, 1.165) is 12.1 Å². The standard InChI is InChI=1S/C17H20N4O4S/c1-20(2)6-5-18-8-12-15(22)19-17(26)21(16(12)23)9-11-3-4-13-14(7-11)25-10-24-13/h3-4,7-8,12H,5-6,9-10H2,1-2H3,(H,19,22,26)/p+1. The molecule has 3 rings (SSSR count). The first-order valence-corrected chi connectivity index (χ1v) is 8.70. The zero-order valence-corrected chi connectivity index (χ0v) is 15.5. The molecule has 1 saturated heterocycles. The van der Waals surface area contributed by atoms with Crippen molar-refractivity contribution in [3.8, 4) is 11.5 Å². The number of hydrogen-bond donors (Lipinski definition) is 2. The molecule has 0 spiro atoms. The highest BCUT2D eigenvalue weighted by molar-refractivity contribution is 7.80. The molecule has 2 aliphatic heterocycles. The van der Waals surface area contributed by atoms with Gasteiger partial charge in [0, 0.05) is 6.21 Å². The van der Waals surface area contributed by atoms with E-state index in [0.29, 0.717) is 18.0 Å². The second-order valence-corrected chi connectivity index (χ2v) is 6.78. The van der Waals surface area contributed by atoms with Crippen molar-refractivity contribution in [2.45, 2.75) is 6.54 Å². The van der Waals surface area contributed by atoms with E-state index in [9.17, 15) is 9.59 Å². The Labute approximate surface area is 156 Å². The van der Waals surface area contributed by atoms with Crippen molar-refractivity contribution >= 4 is 35.4 Å². The van der Waals surface area contributed by atoms with Crippen molar-refractivity contribution in [1.29, 1.82) is 0 Å². The van der Waals surface area contributed by atoms with Crippen LogP contribution in [0.2, 0.25) is 0 Å². The number of likely N-dealkylation sites (N-methyl/N-ethyl adjacent to an activating group) is 1. The van der Waals surface area contributed by atoms with E-state index in [1.807, 2.05) is 20.2 Å². The van der Waals surface area contributed by atoms with Crippen LogP contribution in [0.3, 0.4) is 0 Å². The van der Waals surface area contributed by atoms with Gasteiger partial charge >= 0.3 is 0 Å². The van der Waals surface area contributed by atoms with Gasteiger partial charge < -0.3 is 19.7 Å². The Hall–Kier alpha value is -2.52. The maximum absolute atomic E-state index is 12.7. The van der Waals surface area contributed by atoms with Gasteiger partial charge in [0.05, 0.1) is 33.7 Å². The molecule has 0 saturated carbocycles. The molecule has 0 radical (unpaired) electrons. The van der Waals surface area contributed by atoms with Gasteiger partial charge in [0.2, 0.25) is 18.6 Å². The fourth-order valence-electron chi connectivity index (χ4n) is 2.60. The van der Waals surface area contributed by atoms with E-state index in [1.165, 1.54) is 16.0 Å². The number of benzene rings is 1. The van der Waals surface area contributed by atoms with Crippen LogP contribution in [-0.2, 0) is 16.1 Å². The molecule has 8 nitrogen and oxygen atoms in total. The van der Waals surface area contributed by atoms with Crippen molar-refractivity contribution in [1.82, 2.24) is 10.2 Å². The molecular formula is C17H21N4O4S+. The van der Waals surface area contributed by atoms with E-state index in [4.69, 9.17) is 21.7 Å². The summed E-state index contributed by atoms with van der Waals surface area (Å²) in [5.74, 6) is -0.484. The fourth-order valence-corrected chi connectivity index (χ4v) is 2.86. The van der Waals surface area contributed by atoms with E-state index < -0.39 is 11.8 Å². The first-order chi connectivity index (χ1) is 12.5. The summed E-state index contributed by atoms with van der Waals surface area (Å²) in [6.45, 7) is 1.79. The topological polar surface area (TPSA) is 84.7 Å². The Balaban J connectivity index is 1.71. The van der Waals surface area contributed by atoms with Gasteiger partial charge in [-0.3, -0.25) is 19.5 Å². The molecule has 1 aromatic rings. The number of nitrogens with one attached hydrogen (secondary N) is 2. The number of nitrogens with zero attached hydrogens (tertiary/aromatic N) is 2. The lowest BCUT2D eigenvalue weighted by molar-refractivity contribution is -0.856. The van der Waals surface area contributed by atoms with Crippen molar-refractivity contribution in [3.63, 3.8) is 0 Å². The van der Waals surface area contributed by atoms with Crippen molar-refractivity contribution in [2.75, 3.05) is 34.0 Å². The summed E-state index contributed by atoms with van der Waals surface area (Å²) < 4.78 is 10.6. The van der Waals surface area contributed by atoms with Crippen molar-refractivity contribution in [3.05, 3.63) is 23.8 Å². The average Bonchev–Trinajstić information content (AvgIpc) is 3.05. The Morgan fingerprint density at radius 2 is 2.12 bits per heavy atom. The summed E-state index contributed by atoms with van der Waals surface area (Å²) >= 11 is 5.17. The molecule has 1 aromatic carbocycles. The number of ether oxygens (including phenoxy) is 2. The predicted molar refractivity (Wildman–Crippen MR) is 98.4 cm³/mol. The number of hydrogen-bond acceptors (Lipinski definition) is 6. The SMILES string of the molecule is C[NH+](C)CCN=CC1C(=O)NC(=S)N(Cc2ccc3c(c2)OCO3)C1=O. The first kappa shape index (κ1) is 18.3. The van der Waals surface area contributed by atoms with Crippen LogP contribution in [0.25, 0.3) is 0 Å². The van der Waals surface area contributed by atoms with E-state index in [1.54, 1.807) is 12.1 Å². The van der Waals surface area contributed by atoms with Crippen LogP contribution < -0.4 is 19.7 Å². The fraction of sp³-hybridized carbons (Fsp3) is 0.412. The average molecular weight is 377 g/mol. The number of carbonyl (C=O) groups is 2. The minimum Gasteiger partial charge on any atom is -0.454 e. The number of thiocarbonyl (C=S) groups is 1. The molecule has 1 unspecified atom stereocenters. The quantitative estimate of drug-likeness (QED) is 0.377. The number of quaternary nitrogens is 1. The lowest BCUT2D eigenvalue weighted by Crippen LogP contribution is -3.06. The smallest absolute Gasteiger partial charge is 0.247 e. The number of amides is 2. The summed E-state index contributed by atoms with van der Waals surface area (Å²) in [5, 5.41) is 2.67. The van der Waals surface area contributed by atoms with Crippen LogP contribution in [-0.4, -0.2) is 62.0 Å². The first-order valence-electron chi connectivity index (χ1n) is 8.29. The normalized spacial score (nSPS) is 19.6. The van der Waals surface area contributed by atoms with Crippen LogP contribution in [0.1, 0.15) is 5.56 Å². The molecule has 26 heavy (non-hydrogen) atoms. The van der Waals surface area contributed by atoms with Crippen molar-refractivity contribution in [2.24, 2.45) is 10.9 Å². The minimum atomic E-state index is -0.965. The molecule has 9 heteroatoms. The number of carbonyl (C=O) groups excluding carboxylic acids is 2. The van der Waals surface area contributed by atoms with E-state index >= 15 is 0 Å². The Morgan fingerprint density at radius 1 is 1.35 bits per heavy atom. The van der Waals surface area contributed by atoms with E-state index in [2.05, 4.69) is 10.3 Å². The molecule has 2 amide bonds. The van der Waals surface area contributed by atoms with Crippen molar-refractivity contribution < 1.29 is 24.0 Å². The molecule has 2 N–H and O–H groups in total. The molecular weight excluding hydrogens is 356 g/mol. The third-order valence-electron chi connectivity index (χ3n) is 4.06. The Kier molecular flexibility index (Phi) is 5.48. The van der Waals surface area contributed by atoms with Gasteiger partial charge in [-0.2, -0.15) is 0 Å². The molecule has 2 aliphatic rings. The summed E-state index contributed by atoms with van der Waals surface area (Å²) in [5.41, 5.74) is 0.827. The third-order valence-corrected chi connectivity index (χ3v) is 4.39. The lowest BCUT2D eigenvalue weighted by Gasteiger charge is -2.31. The second-order valence-electron chi connectivity index (χ2n) is 6.40. The van der Waals surface area contributed by atoms with Gasteiger partial charge in [-0.25, -0.2) is 0 Å². The maximum atomic E-state index is 12.7. The summed E-state index contributed by atoms with van der Waals surface area (Å²) in [6, 6.07) is 5.43. The largest absolute Gasteiger partial charge is 0.454 e. The lowest BCUT2D eigenvalue weighted by atomic mass is 10.1. The molecule has 2 heterocycles. The Bertz CT molecular complexity index is 765. The zero-order valence-electron chi connectivity index (χ0n) is 14.7. The molecule has 0 aromatic heterocycles. The molecule has 0 aliphatic carbocycles. The maximum Gasteiger partial charge on any atom is 0.247 e. The number of rotatable bonds is 6. The highest BCUT2D eigenvalue weighted by Crippen LogP contribution is 2.33. The molecule has 138 valence electrons. The van der Waals surface area contributed by atoms with Crippen LogP contribution in [0.15, 0.2) is 23.2 Å². The van der Waals surface area contributed by atoms with E-state index in [-0.39, 0.29) is 24.4 Å². The van der Waals surface area contributed by atoms with Crippen LogP contribution in [0.5, 0.6) is 11.5 Å². The highest BCUT2D eigenvalue weighted by atomic mass is 32.1. The summed E-state index contributed by atoms with van der Waals surface area (Å²) in [6.07, 6.45) is 1.41. The van der Waals surface area contributed by atoms with Gasteiger partial charge in [-0.05, 0) is 29.9 Å². The monoisotopic (exact) mass is 377 g/mol. The Morgan fingerprint density at radius 3 is 2.88 bits per heavy atom. The number of fused-ring (bicyclic) bond motifs is 1. The van der Waals surface area contributed by atoms with Gasteiger partial charge in [0.15, 0.2) is 22.5 Å². The summed E-state index contributed by atoms with van der Waals surface area (Å²) in [4.78, 5) is 31.7. The van der Waals surface area contributed by atoms with Crippen LogP contribution >= 0.6 is 12.2 Å².